The summed E-state index contributed by atoms with van der Waals surface area (Å²) in [6, 6.07) is 21.3. The first-order chi connectivity index (χ1) is 10.7. The zero-order chi connectivity index (χ0) is 15.4. The van der Waals surface area contributed by atoms with Crippen molar-refractivity contribution in [2.75, 3.05) is 13.6 Å². The molecule has 2 aromatic rings. The van der Waals surface area contributed by atoms with Crippen LogP contribution in [0.15, 0.2) is 66.7 Å². The molecule has 1 heterocycles. The van der Waals surface area contributed by atoms with E-state index in [4.69, 9.17) is 4.74 Å². The van der Waals surface area contributed by atoms with Crippen molar-refractivity contribution in [1.82, 2.24) is 4.90 Å². The van der Waals surface area contributed by atoms with E-state index in [-0.39, 0.29) is 12.2 Å². The molecule has 0 amide bonds. The smallest absolute Gasteiger partial charge is 0.0985 e. The molecule has 2 heteroatoms. The van der Waals surface area contributed by atoms with Crippen LogP contribution in [-0.4, -0.2) is 30.6 Å². The van der Waals surface area contributed by atoms with E-state index in [1.807, 2.05) is 12.1 Å². The molecule has 0 saturated carbocycles. The van der Waals surface area contributed by atoms with Crippen LogP contribution in [0.5, 0.6) is 0 Å². The van der Waals surface area contributed by atoms with Gasteiger partial charge < -0.3 is 4.74 Å². The molecular formula is C20H23NO. The van der Waals surface area contributed by atoms with Gasteiger partial charge in [-0.25, -0.2) is 0 Å². The van der Waals surface area contributed by atoms with E-state index in [0.717, 1.165) is 6.54 Å². The third-order valence-electron chi connectivity index (χ3n) is 4.35. The predicted molar refractivity (Wildman–Crippen MR) is 91.6 cm³/mol. The number of morpholine rings is 1. The second-order valence-electron chi connectivity index (χ2n) is 5.96. The normalized spacial score (nSPS) is 26.4. The molecule has 0 bridgehead atoms. The zero-order valence-electron chi connectivity index (χ0n) is 13.2. The molecule has 0 aliphatic carbocycles. The Hall–Kier alpha value is -1.90. The molecule has 2 nitrogen and oxygen atoms in total. The van der Waals surface area contributed by atoms with E-state index in [0.29, 0.717) is 6.04 Å². The Labute approximate surface area is 133 Å². The van der Waals surface area contributed by atoms with Crippen molar-refractivity contribution in [2.45, 2.75) is 25.2 Å². The molecule has 3 atom stereocenters. The second kappa shape index (κ2) is 6.91. The molecule has 0 spiro atoms. The fourth-order valence-corrected chi connectivity index (χ4v) is 2.91. The molecule has 1 aliphatic rings. The fraction of sp³-hybridized carbons (Fsp3) is 0.300. The lowest BCUT2D eigenvalue weighted by molar-refractivity contribution is -0.0900. The molecular weight excluding hydrogens is 270 g/mol. The molecule has 22 heavy (non-hydrogen) atoms. The van der Waals surface area contributed by atoms with Gasteiger partial charge in [0.05, 0.1) is 12.2 Å². The average molecular weight is 293 g/mol. The molecule has 2 aromatic carbocycles. The van der Waals surface area contributed by atoms with Crippen molar-refractivity contribution in [3.05, 3.63) is 77.9 Å². The van der Waals surface area contributed by atoms with Crippen molar-refractivity contribution >= 4 is 6.08 Å². The Morgan fingerprint density at radius 1 is 1.00 bits per heavy atom. The van der Waals surface area contributed by atoms with Gasteiger partial charge in [0.2, 0.25) is 0 Å². The Bertz CT molecular complexity index is 608. The Morgan fingerprint density at radius 3 is 2.32 bits per heavy atom. The first-order valence-electron chi connectivity index (χ1n) is 7.88. The van der Waals surface area contributed by atoms with Gasteiger partial charge >= 0.3 is 0 Å². The van der Waals surface area contributed by atoms with Gasteiger partial charge in [0.1, 0.15) is 0 Å². The highest BCUT2D eigenvalue weighted by molar-refractivity contribution is 5.49. The highest BCUT2D eigenvalue weighted by Gasteiger charge is 2.31. The van der Waals surface area contributed by atoms with E-state index >= 15 is 0 Å². The van der Waals surface area contributed by atoms with Crippen LogP contribution in [0.2, 0.25) is 0 Å². The van der Waals surface area contributed by atoms with Crippen molar-refractivity contribution < 1.29 is 4.74 Å². The standard InChI is InChI=1S/C20H23NO/c1-16-20(18-11-7-4-8-12-18)22-19(15-21(16)2)14-13-17-9-5-3-6-10-17/h3-14,16,19-20H,15H2,1-2H3/b14-13+/t16-,19+,20+/m1/s1. The monoisotopic (exact) mass is 293 g/mol. The van der Waals surface area contributed by atoms with Crippen molar-refractivity contribution in [2.24, 2.45) is 0 Å². The molecule has 114 valence electrons. The zero-order valence-corrected chi connectivity index (χ0v) is 13.2. The van der Waals surface area contributed by atoms with Gasteiger partial charge in [-0.1, -0.05) is 72.8 Å². The Kier molecular flexibility index (Phi) is 4.71. The van der Waals surface area contributed by atoms with Crippen LogP contribution >= 0.6 is 0 Å². The van der Waals surface area contributed by atoms with Crippen LogP contribution in [0.3, 0.4) is 0 Å². The summed E-state index contributed by atoms with van der Waals surface area (Å²) in [6.45, 7) is 3.16. The molecule has 0 unspecified atom stereocenters. The molecule has 1 fully saturated rings. The maximum Gasteiger partial charge on any atom is 0.0985 e. The molecule has 3 rings (SSSR count). The largest absolute Gasteiger partial charge is 0.363 e. The summed E-state index contributed by atoms with van der Waals surface area (Å²) in [5.74, 6) is 0. The van der Waals surface area contributed by atoms with Crippen molar-refractivity contribution in [3.63, 3.8) is 0 Å². The van der Waals surface area contributed by atoms with Crippen LogP contribution in [0.25, 0.3) is 6.08 Å². The van der Waals surface area contributed by atoms with Crippen LogP contribution in [0.4, 0.5) is 0 Å². The summed E-state index contributed by atoms with van der Waals surface area (Å²) in [6.07, 6.45) is 4.56. The first-order valence-corrected chi connectivity index (χ1v) is 7.88. The summed E-state index contributed by atoms with van der Waals surface area (Å²) < 4.78 is 6.35. The first kappa shape index (κ1) is 15.0. The number of hydrogen-bond acceptors (Lipinski definition) is 2. The summed E-state index contributed by atoms with van der Waals surface area (Å²) >= 11 is 0. The minimum Gasteiger partial charge on any atom is -0.363 e. The topological polar surface area (TPSA) is 12.5 Å². The third-order valence-corrected chi connectivity index (χ3v) is 4.35. The lowest BCUT2D eigenvalue weighted by Crippen LogP contribution is -2.47. The maximum absolute atomic E-state index is 6.35. The van der Waals surface area contributed by atoms with Gasteiger partial charge in [-0.2, -0.15) is 0 Å². The van der Waals surface area contributed by atoms with E-state index in [1.165, 1.54) is 11.1 Å². The van der Waals surface area contributed by atoms with Gasteiger partial charge in [0.25, 0.3) is 0 Å². The molecule has 0 aromatic heterocycles. The maximum atomic E-state index is 6.35. The number of likely N-dealkylation sites (N-methyl/N-ethyl adjacent to an activating group) is 1. The third kappa shape index (κ3) is 3.46. The van der Waals surface area contributed by atoms with Crippen LogP contribution in [0.1, 0.15) is 24.2 Å². The van der Waals surface area contributed by atoms with Gasteiger partial charge in [-0.05, 0) is 25.1 Å². The molecule has 1 saturated heterocycles. The Balaban J connectivity index is 1.75. The summed E-state index contributed by atoms with van der Waals surface area (Å²) in [5.41, 5.74) is 2.46. The predicted octanol–water partition coefficient (Wildman–Crippen LogP) is 4.16. The number of ether oxygens (including phenoxy) is 1. The van der Waals surface area contributed by atoms with Gasteiger partial charge in [-0.15, -0.1) is 0 Å². The second-order valence-corrected chi connectivity index (χ2v) is 5.96. The highest BCUT2D eigenvalue weighted by atomic mass is 16.5. The lowest BCUT2D eigenvalue weighted by Gasteiger charge is -2.41. The van der Waals surface area contributed by atoms with Crippen LogP contribution < -0.4 is 0 Å². The summed E-state index contributed by atoms with van der Waals surface area (Å²) in [4.78, 5) is 2.38. The summed E-state index contributed by atoms with van der Waals surface area (Å²) in [7, 11) is 2.17. The minimum absolute atomic E-state index is 0.116. The molecule has 0 radical (unpaired) electrons. The van der Waals surface area contributed by atoms with Gasteiger partial charge in [0, 0.05) is 12.6 Å². The van der Waals surface area contributed by atoms with Gasteiger partial charge in [0.15, 0.2) is 0 Å². The number of benzene rings is 2. The number of nitrogens with zero attached hydrogens (tertiary/aromatic N) is 1. The highest BCUT2D eigenvalue weighted by Crippen LogP contribution is 2.30. The van der Waals surface area contributed by atoms with E-state index in [1.54, 1.807) is 0 Å². The Morgan fingerprint density at radius 2 is 1.64 bits per heavy atom. The molecule has 1 aliphatic heterocycles. The van der Waals surface area contributed by atoms with E-state index in [2.05, 4.69) is 79.6 Å². The van der Waals surface area contributed by atoms with E-state index in [9.17, 15) is 0 Å². The van der Waals surface area contributed by atoms with Gasteiger partial charge in [-0.3, -0.25) is 4.90 Å². The molecule has 0 N–H and O–H groups in total. The van der Waals surface area contributed by atoms with Crippen LogP contribution in [-0.2, 0) is 4.74 Å². The number of hydrogen-bond donors (Lipinski definition) is 0. The minimum atomic E-state index is 0.116. The lowest BCUT2D eigenvalue weighted by atomic mass is 9.99. The van der Waals surface area contributed by atoms with Crippen molar-refractivity contribution in [3.8, 4) is 0 Å². The quantitative estimate of drug-likeness (QED) is 0.842. The SMILES string of the molecule is C[C@@H]1[C@@H](c2ccccc2)O[C@@H](/C=C/c2ccccc2)CN1C. The van der Waals surface area contributed by atoms with E-state index < -0.39 is 0 Å². The number of rotatable bonds is 3. The fourth-order valence-electron chi connectivity index (χ4n) is 2.91. The average Bonchev–Trinajstić information content (AvgIpc) is 2.57. The van der Waals surface area contributed by atoms with Crippen LogP contribution in [0, 0.1) is 0 Å². The van der Waals surface area contributed by atoms with Crippen molar-refractivity contribution in [1.29, 1.82) is 0 Å². The summed E-state index contributed by atoms with van der Waals surface area (Å²) in [5, 5.41) is 0.